The predicted molar refractivity (Wildman–Crippen MR) is 153 cm³/mol. The van der Waals surface area contributed by atoms with E-state index in [4.69, 9.17) is 16.7 Å². The van der Waals surface area contributed by atoms with Crippen molar-refractivity contribution in [1.29, 1.82) is 0 Å². The van der Waals surface area contributed by atoms with E-state index in [2.05, 4.69) is 49.5 Å². The number of aryl methyl sites for hydroxylation is 1. The van der Waals surface area contributed by atoms with Crippen LogP contribution in [0.5, 0.6) is 0 Å². The summed E-state index contributed by atoms with van der Waals surface area (Å²) in [7, 11) is 0. The quantitative estimate of drug-likeness (QED) is 0.451. The van der Waals surface area contributed by atoms with Crippen LogP contribution in [0.2, 0.25) is 5.02 Å². The lowest BCUT2D eigenvalue weighted by Crippen LogP contribution is -2.73. The molecule has 2 aliphatic rings. The predicted octanol–water partition coefficient (Wildman–Crippen LogP) is 5.16. The van der Waals surface area contributed by atoms with Gasteiger partial charge in [0.25, 0.3) is 0 Å². The summed E-state index contributed by atoms with van der Waals surface area (Å²) < 4.78 is 2.06. The molecule has 1 N–H and O–H groups in total. The average Bonchev–Trinajstić information content (AvgIpc) is 3.25. The Labute approximate surface area is 232 Å². The van der Waals surface area contributed by atoms with Crippen LogP contribution in [-0.4, -0.2) is 62.6 Å². The lowest BCUT2D eigenvalue weighted by Gasteiger charge is -2.52. The lowest BCUT2D eigenvalue weighted by molar-refractivity contribution is -0.161. The van der Waals surface area contributed by atoms with E-state index in [0.29, 0.717) is 36.7 Å². The van der Waals surface area contributed by atoms with Gasteiger partial charge in [-0.3, -0.25) is 14.5 Å². The summed E-state index contributed by atoms with van der Waals surface area (Å²) in [5.74, 6) is 0.492. The van der Waals surface area contributed by atoms with Gasteiger partial charge < -0.3 is 10.2 Å². The first-order valence-electron chi connectivity index (χ1n) is 14.4. The zero-order chi connectivity index (χ0) is 27.4. The Morgan fingerprint density at radius 1 is 1.08 bits per heavy atom. The minimum absolute atomic E-state index is 0.0394. The molecule has 3 heterocycles. The number of unbranched alkanes of at least 4 members (excludes halogenated alkanes) is 1. The highest BCUT2D eigenvalue weighted by Gasteiger charge is 2.53. The van der Waals surface area contributed by atoms with Crippen molar-refractivity contribution in [2.24, 2.45) is 5.92 Å². The Hall–Kier alpha value is -2.38. The minimum Gasteiger partial charge on any atom is -0.342 e. The van der Waals surface area contributed by atoms with Gasteiger partial charge in [-0.2, -0.15) is 5.10 Å². The third-order valence-electron chi connectivity index (χ3n) is 8.23. The molecule has 2 aromatic rings. The van der Waals surface area contributed by atoms with Gasteiger partial charge in [0.15, 0.2) is 0 Å². The van der Waals surface area contributed by atoms with Crippen LogP contribution in [-0.2, 0) is 29.0 Å². The van der Waals surface area contributed by atoms with Gasteiger partial charge in [-0.1, -0.05) is 52.6 Å². The first kappa shape index (κ1) is 28.6. The number of rotatable bonds is 10. The zero-order valence-electron chi connectivity index (χ0n) is 23.7. The highest BCUT2D eigenvalue weighted by atomic mass is 35.5. The number of hydrogen-bond donors (Lipinski definition) is 1. The van der Waals surface area contributed by atoms with Crippen molar-refractivity contribution in [1.82, 2.24) is 24.9 Å². The topological polar surface area (TPSA) is 70.5 Å². The van der Waals surface area contributed by atoms with E-state index in [9.17, 15) is 9.59 Å². The largest absolute Gasteiger partial charge is 0.342 e. The van der Waals surface area contributed by atoms with Gasteiger partial charge in [0, 0.05) is 42.5 Å². The van der Waals surface area contributed by atoms with E-state index in [-0.39, 0.29) is 11.8 Å². The summed E-state index contributed by atoms with van der Waals surface area (Å²) in [6.45, 7) is 13.7. The van der Waals surface area contributed by atoms with Crippen LogP contribution in [0.1, 0.15) is 83.7 Å². The summed E-state index contributed by atoms with van der Waals surface area (Å²) in [6, 6.07) is 7.43. The molecular formula is C30H44ClN5O2. The molecule has 2 saturated heterocycles. The van der Waals surface area contributed by atoms with Gasteiger partial charge in [-0.25, -0.2) is 4.68 Å². The molecule has 2 aliphatic heterocycles. The number of likely N-dealkylation sites (tertiary alicyclic amines) is 1. The molecule has 0 radical (unpaired) electrons. The van der Waals surface area contributed by atoms with Crippen molar-refractivity contribution in [3.63, 3.8) is 0 Å². The monoisotopic (exact) mass is 541 g/mol. The van der Waals surface area contributed by atoms with Crippen molar-refractivity contribution in [2.75, 3.05) is 19.6 Å². The molecule has 7 nitrogen and oxygen atoms in total. The molecule has 1 unspecified atom stereocenters. The van der Waals surface area contributed by atoms with Gasteiger partial charge in [0.05, 0.1) is 11.4 Å². The number of aromatic nitrogens is 2. The van der Waals surface area contributed by atoms with Gasteiger partial charge >= 0.3 is 0 Å². The molecule has 1 atom stereocenters. The van der Waals surface area contributed by atoms with Crippen LogP contribution in [0.25, 0.3) is 5.69 Å². The van der Waals surface area contributed by atoms with Crippen LogP contribution < -0.4 is 5.32 Å². The van der Waals surface area contributed by atoms with Crippen LogP contribution in [0, 0.1) is 5.92 Å². The number of halogens is 1. The Morgan fingerprint density at radius 3 is 2.34 bits per heavy atom. The Morgan fingerprint density at radius 2 is 1.76 bits per heavy atom. The standard InChI is InChI=1S/C30H44ClN5O2/c1-6-9-16-35-28(37)26(19-21(4)5)32-29(38)30(35)14-17-34(18-15-30)20-24-25(7-2)33-36(27(24)8-3)23-12-10-22(31)11-13-23/h10-13,21,26H,6-9,14-20H2,1-5H3,(H,32,38). The first-order chi connectivity index (χ1) is 18.2. The normalized spacial score (nSPS) is 20.0. The average molecular weight is 542 g/mol. The van der Waals surface area contributed by atoms with Gasteiger partial charge in [0.1, 0.15) is 11.6 Å². The molecule has 1 spiro atoms. The molecule has 0 saturated carbocycles. The van der Waals surface area contributed by atoms with Gasteiger partial charge in [0.2, 0.25) is 11.8 Å². The number of hydrogen-bond acceptors (Lipinski definition) is 4. The van der Waals surface area contributed by atoms with Crippen LogP contribution in [0.15, 0.2) is 24.3 Å². The van der Waals surface area contributed by atoms with Crippen molar-refractivity contribution in [2.45, 2.75) is 97.7 Å². The SMILES string of the molecule is CCCCN1C(=O)C(CC(C)C)NC(=O)C12CCN(Cc1c(CC)nn(-c3ccc(Cl)cc3)c1CC)CC2. The molecule has 38 heavy (non-hydrogen) atoms. The molecule has 8 heteroatoms. The number of nitrogens with one attached hydrogen (secondary N) is 1. The third-order valence-corrected chi connectivity index (χ3v) is 8.48. The maximum atomic E-state index is 13.6. The highest BCUT2D eigenvalue weighted by Crippen LogP contribution is 2.35. The second-order valence-corrected chi connectivity index (χ2v) is 11.7. The second kappa shape index (κ2) is 12.2. The maximum absolute atomic E-state index is 13.6. The van der Waals surface area contributed by atoms with Crippen molar-refractivity contribution < 1.29 is 9.59 Å². The fraction of sp³-hybridized carbons (Fsp3) is 0.633. The number of nitrogens with zero attached hydrogens (tertiary/aromatic N) is 4. The van der Waals surface area contributed by atoms with E-state index in [0.717, 1.165) is 56.7 Å². The lowest BCUT2D eigenvalue weighted by atomic mass is 9.80. The van der Waals surface area contributed by atoms with E-state index in [1.165, 1.54) is 11.3 Å². The fourth-order valence-electron chi connectivity index (χ4n) is 6.11. The van der Waals surface area contributed by atoms with Crippen LogP contribution in [0.3, 0.4) is 0 Å². The van der Waals surface area contributed by atoms with E-state index in [1.807, 2.05) is 29.2 Å². The maximum Gasteiger partial charge on any atom is 0.246 e. The number of benzene rings is 1. The molecule has 1 aromatic carbocycles. The first-order valence-corrected chi connectivity index (χ1v) is 14.8. The number of piperidine rings is 1. The van der Waals surface area contributed by atoms with Crippen LogP contribution in [0.4, 0.5) is 0 Å². The smallest absolute Gasteiger partial charge is 0.246 e. The summed E-state index contributed by atoms with van der Waals surface area (Å²) >= 11 is 6.13. The molecule has 0 aliphatic carbocycles. The van der Waals surface area contributed by atoms with Crippen LogP contribution >= 0.6 is 11.6 Å². The van der Waals surface area contributed by atoms with Gasteiger partial charge in [-0.05, 0) is 68.7 Å². The van der Waals surface area contributed by atoms with Crippen molar-refractivity contribution in [3.05, 3.63) is 46.2 Å². The number of piperazine rings is 1. The third kappa shape index (κ3) is 5.64. The number of amides is 2. The highest BCUT2D eigenvalue weighted by molar-refractivity contribution is 6.30. The summed E-state index contributed by atoms with van der Waals surface area (Å²) in [5.41, 5.74) is 3.90. The number of carbonyl (C=O) groups excluding carboxylic acids is 2. The van der Waals surface area contributed by atoms with Crippen molar-refractivity contribution >= 4 is 23.4 Å². The Bertz CT molecular complexity index is 1120. The van der Waals surface area contributed by atoms with Crippen molar-refractivity contribution in [3.8, 4) is 5.69 Å². The molecule has 4 rings (SSSR count). The molecular weight excluding hydrogens is 498 g/mol. The Balaban J connectivity index is 1.54. The minimum atomic E-state index is -0.731. The summed E-state index contributed by atoms with van der Waals surface area (Å²) in [4.78, 5) is 31.5. The Kier molecular flexibility index (Phi) is 9.19. The van der Waals surface area contributed by atoms with E-state index >= 15 is 0 Å². The molecule has 1 aromatic heterocycles. The van der Waals surface area contributed by atoms with E-state index < -0.39 is 11.6 Å². The zero-order valence-corrected chi connectivity index (χ0v) is 24.5. The summed E-state index contributed by atoms with van der Waals surface area (Å²) in [6.07, 6.45) is 5.67. The molecule has 208 valence electrons. The van der Waals surface area contributed by atoms with E-state index in [1.54, 1.807) is 0 Å². The number of carbonyl (C=O) groups is 2. The summed E-state index contributed by atoms with van der Waals surface area (Å²) in [5, 5.41) is 8.81. The molecule has 2 amide bonds. The fourth-order valence-corrected chi connectivity index (χ4v) is 6.24. The molecule has 2 fully saturated rings. The second-order valence-electron chi connectivity index (χ2n) is 11.3. The van der Waals surface area contributed by atoms with Gasteiger partial charge in [-0.15, -0.1) is 0 Å². The molecule has 0 bridgehead atoms.